The van der Waals surface area contributed by atoms with Crippen LogP contribution in [-0.2, 0) is 4.79 Å². The molecule has 1 saturated heterocycles. The third kappa shape index (κ3) is 5.81. The third-order valence-electron chi connectivity index (χ3n) is 5.49. The average Bonchev–Trinajstić information content (AvgIpc) is 3.34. The van der Waals surface area contributed by atoms with E-state index >= 15 is 0 Å². The zero-order valence-electron chi connectivity index (χ0n) is 17.5. The molecule has 1 fully saturated rings. The van der Waals surface area contributed by atoms with Crippen molar-refractivity contribution in [1.82, 2.24) is 10.2 Å². The molecule has 0 unspecified atom stereocenters. The van der Waals surface area contributed by atoms with E-state index in [4.69, 9.17) is 20.8 Å². The van der Waals surface area contributed by atoms with Crippen molar-refractivity contribution in [2.75, 3.05) is 44.2 Å². The topological polar surface area (TPSA) is 58.0 Å². The maximum Gasteiger partial charge on any atom is 0.258 e. The molecular weight excluding hydrogens is 433 g/mol. The number of furan rings is 1. The van der Waals surface area contributed by atoms with Gasteiger partial charge >= 0.3 is 0 Å². The molecule has 0 aliphatic carbocycles. The summed E-state index contributed by atoms with van der Waals surface area (Å²) in [7, 11) is 0. The van der Waals surface area contributed by atoms with Gasteiger partial charge in [-0.15, -0.1) is 0 Å². The maximum atomic E-state index is 13.2. The highest BCUT2D eigenvalue weighted by Gasteiger charge is 2.27. The van der Waals surface area contributed by atoms with E-state index in [1.165, 1.54) is 12.1 Å². The van der Waals surface area contributed by atoms with E-state index in [0.29, 0.717) is 17.3 Å². The lowest BCUT2D eigenvalue weighted by Gasteiger charge is -2.39. The van der Waals surface area contributed by atoms with Gasteiger partial charge in [0.2, 0.25) is 0 Å². The van der Waals surface area contributed by atoms with E-state index in [0.717, 1.165) is 37.6 Å². The number of halogens is 2. The van der Waals surface area contributed by atoms with E-state index in [2.05, 4.69) is 15.1 Å². The van der Waals surface area contributed by atoms with Crippen LogP contribution in [0.15, 0.2) is 71.3 Å². The Morgan fingerprint density at radius 3 is 2.44 bits per heavy atom. The Bertz CT molecular complexity index is 988. The number of piperazine rings is 1. The molecule has 1 atom stereocenters. The molecule has 1 N–H and O–H groups in total. The molecular formula is C24H25ClFN3O3. The minimum Gasteiger partial charge on any atom is -0.484 e. The van der Waals surface area contributed by atoms with Crippen LogP contribution in [0, 0.1) is 5.82 Å². The lowest BCUT2D eigenvalue weighted by molar-refractivity contribution is -0.123. The Morgan fingerprint density at radius 1 is 1.06 bits per heavy atom. The van der Waals surface area contributed by atoms with E-state index < -0.39 is 0 Å². The minimum atomic E-state index is -0.235. The van der Waals surface area contributed by atoms with E-state index in [9.17, 15) is 9.18 Å². The van der Waals surface area contributed by atoms with Gasteiger partial charge in [-0.3, -0.25) is 9.69 Å². The molecule has 3 aromatic rings. The number of carbonyl (C=O) groups is 1. The first-order chi connectivity index (χ1) is 15.6. The Balaban J connectivity index is 1.31. The normalized spacial score (nSPS) is 15.4. The zero-order chi connectivity index (χ0) is 22.3. The molecule has 168 valence electrons. The van der Waals surface area contributed by atoms with Crippen LogP contribution in [0.3, 0.4) is 0 Å². The molecule has 8 heteroatoms. The average molecular weight is 458 g/mol. The van der Waals surface area contributed by atoms with E-state index in [1.807, 2.05) is 12.1 Å². The van der Waals surface area contributed by atoms with Gasteiger partial charge in [-0.25, -0.2) is 4.39 Å². The van der Waals surface area contributed by atoms with Gasteiger partial charge in [0.1, 0.15) is 17.3 Å². The molecule has 6 nitrogen and oxygen atoms in total. The molecule has 1 aromatic heterocycles. The Morgan fingerprint density at radius 2 is 1.78 bits per heavy atom. The van der Waals surface area contributed by atoms with Crippen molar-refractivity contribution in [1.29, 1.82) is 0 Å². The standard InChI is InChI=1S/C24H25ClFN3O3/c25-18-3-9-21(10-4-18)32-17-24(30)27-16-22(23-2-1-15-31-23)29-13-11-28(12-14-29)20-7-5-19(26)6-8-20/h1-10,15,22H,11-14,16-17H2,(H,27,30)/t22-/m1/s1. The largest absolute Gasteiger partial charge is 0.484 e. The molecule has 2 aromatic carbocycles. The first-order valence-corrected chi connectivity index (χ1v) is 10.9. The van der Waals surface area contributed by atoms with Gasteiger partial charge in [0, 0.05) is 43.4 Å². The molecule has 1 aliphatic heterocycles. The molecule has 1 aliphatic rings. The second-order valence-electron chi connectivity index (χ2n) is 7.58. The van der Waals surface area contributed by atoms with Crippen molar-refractivity contribution >= 4 is 23.2 Å². The van der Waals surface area contributed by atoms with Gasteiger partial charge in [0.25, 0.3) is 5.91 Å². The monoisotopic (exact) mass is 457 g/mol. The molecule has 0 radical (unpaired) electrons. The minimum absolute atomic E-state index is 0.0785. The molecule has 1 amide bonds. The number of anilines is 1. The van der Waals surface area contributed by atoms with Crippen molar-refractivity contribution < 1.29 is 18.3 Å². The lowest BCUT2D eigenvalue weighted by atomic mass is 10.1. The highest BCUT2D eigenvalue weighted by Crippen LogP contribution is 2.24. The summed E-state index contributed by atoms with van der Waals surface area (Å²) in [5, 5.41) is 3.57. The summed E-state index contributed by atoms with van der Waals surface area (Å²) in [5.74, 6) is 0.950. The lowest BCUT2D eigenvalue weighted by Crippen LogP contribution is -2.50. The highest BCUT2D eigenvalue weighted by molar-refractivity contribution is 6.30. The number of hydrogen-bond donors (Lipinski definition) is 1. The van der Waals surface area contributed by atoms with Crippen LogP contribution >= 0.6 is 11.6 Å². The number of rotatable bonds is 8. The Hall–Kier alpha value is -3.03. The van der Waals surface area contributed by atoms with Gasteiger partial charge in [0.15, 0.2) is 6.61 Å². The van der Waals surface area contributed by atoms with E-state index in [-0.39, 0.29) is 24.4 Å². The quantitative estimate of drug-likeness (QED) is 0.551. The predicted molar refractivity (Wildman–Crippen MR) is 122 cm³/mol. The van der Waals surface area contributed by atoms with Gasteiger partial charge in [0.05, 0.1) is 12.3 Å². The van der Waals surface area contributed by atoms with E-state index in [1.54, 1.807) is 42.7 Å². The van der Waals surface area contributed by atoms with Gasteiger partial charge in [-0.2, -0.15) is 0 Å². The number of nitrogens with zero attached hydrogens (tertiary/aromatic N) is 2. The summed E-state index contributed by atoms with van der Waals surface area (Å²) in [6, 6.07) is 17.1. The number of ether oxygens (including phenoxy) is 1. The van der Waals surface area contributed by atoms with Crippen LogP contribution in [-0.4, -0.2) is 50.1 Å². The molecule has 32 heavy (non-hydrogen) atoms. The maximum absolute atomic E-state index is 13.2. The fraction of sp³-hybridized carbons (Fsp3) is 0.292. The molecule has 2 heterocycles. The molecule has 0 spiro atoms. The fourth-order valence-corrected chi connectivity index (χ4v) is 3.90. The number of carbonyl (C=O) groups excluding carboxylic acids is 1. The van der Waals surface area contributed by atoms with Crippen LogP contribution in [0.25, 0.3) is 0 Å². The van der Waals surface area contributed by atoms with Crippen LogP contribution in [0.2, 0.25) is 5.02 Å². The second kappa shape index (κ2) is 10.5. The van der Waals surface area contributed by atoms with Crippen molar-refractivity contribution in [2.45, 2.75) is 6.04 Å². The molecule has 0 bridgehead atoms. The highest BCUT2D eigenvalue weighted by atomic mass is 35.5. The number of nitrogens with one attached hydrogen (secondary N) is 1. The van der Waals surface area contributed by atoms with Crippen LogP contribution < -0.4 is 15.0 Å². The van der Waals surface area contributed by atoms with Crippen molar-refractivity contribution in [3.63, 3.8) is 0 Å². The Kier molecular flexibility index (Phi) is 7.29. The third-order valence-corrected chi connectivity index (χ3v) is 5.75. The van der Waals surface area contributed by atoms with Gasteiger partial charge in [-0.1, -0.05) is 11.6 Å². The van der Waals surface area contributed by atoms with Crippen molar-refractivity contribution in [3.05, 3.63) is 83.5 Å². The van der Waals surface area contributed by atoms with Crippen LogP contribution in [0.5, 0.6) is 5.75 Å². The van der Waals surface area contributed by atoms with Crippen molar-refractivity contribution in [2.24, 2.45) is 0 Å². The summed E-state index contributed by atoms with van der Waals surface area (Å²) in [6.07, 6.45) is 1.64. The zero-order valence-corrected chi connectivity index (χ0v) is 18.3. The fourth-order valence-electron chi connectivity index (χ4n) is 3.78. The Labute approximate surface area is 191 Å². The van der Waals surface area contributed by atoms with Crippen LogP contribution in [0.1, 0.15) is 11.8 Å². The first-order valence-electron chi connectivity index (χ1n) is 10.5. The summed E-state index contributed by atoms with van der Waals surface area (Å²) >= 11 is 5.87. The molecule has 4 rings (SSSR count). The smallest absolute Gasteiger partial charge is 0.258 e. The van der Waals surface area contributed by atoms with Crippen molar-refractivity contribution in [3.8, 4) is 5.75 Å². The SMILES string of the molecule is O=C(COc1ccc(Cl)cc1)NC[C@H](c1ccco1)N1CCN(c2ccc(F)cc2)CC1. The second-order valence-corrected chi connectivity index (χ2v) is 8.01. The van der Waals surface area contributed by atoms with Crippen LogP contribution in [0.4, 0.5) is 10.1 Å². The summed E-state index contributed by atoms with van der Waals surface area (Å²) in [6.45, 7) is 3.52. The van der Waals surface area contributed by atoms with Gasteiger partial charge in [-0.05, 0) is 60.7 Å². The number of benzene rings is 2. The summed E-state index contributed by atoms with van der Waals surface area (Å²) in [4.78, 5) is 16.9. The summed E-state index contributed by atoms with van der Waals surface area (Å²) < 4.78 is 24.4. The van der Waals surface area contributed by atoms with Gasteiger partial charge < -0.3 is 19.4 Å². The predicted octanol–water partition coefficient (Wildman–Crippen LogP) is 4.13. The summed E-state index contributed by atoms with van der Waals surface area (Å²) in [5.41, 5.74) is 1.01. The number of hydrogen-bond acceptors (Lipinski definition) is 5. The number of amides is 1. The first kappa shape index (κ1) is 22.2. The molecule has 0 saturated carbocycles.